The Bertz CT molecular complexity index is 1110. The fraction of sp³-hybridized carbons (Fsp3) is 0.346. The molecule has 2 fully saturated rings. The van der Waals surface area contributed by atoms with Gasteiger partial charge in [0.15, 0.2) is 0 Å². The first-order valence-electron chi connectivity index (χ1n) is 11.1. The number of ether oxygens (including phenoxy) is 2. The van der Waals surface area contributed by atoms with Crippen LogP contribution in [0.2, 0.25) is 0 Å². The second-order valence-corrected chi connectivity index (χ2v) is 8.61. The van der Waals surface area contributed by atoms with Crippen molar-refractivity contribution < 1.29 is 14.3 Å². The molecule has 0 aliphatic carbocycles. The Hall–Kier alpha value is -3.34. The summed E-state index contributed by atoms with van der Waals surface area (Å²) in [7, 11) is 1.63. The van der Waals surface area contributed by atoms with Gasteiger partial charge >= 0.3 is 6.03 Å². The number of nitrogens with zero attached hydrogens (tertiary/aromatic N) is 2. The van der Waals surface area contributed by atoms with E-state index < -0.39 is 0 Å². The van der Waals surface area contributed by atoms with Crippen molar-refractivity contribution in [2.45, 2.75) is 19.3 Å². The molecule has 0 atom stereocenters. The monoisotopic (exact) mass is 429 g/mol. The first kappa shape index (κ1) is 20.6. The lowest BCUT2D eigenvalue weighted by Gasteiger charge is -2.33. The quantitative estimate of drug-likeness (QED) is 0.699. The smallest absolute Gasteiger partial charge is 0.323 e. The van der Waals surface area contributed by atoms with Gasteiger partial charge in [-0.25, -0.2) is 9.79 Å². The molecular formula is C26H27N3O3. The lowest BCUT2D eigenvalue weighted by Crippen LogP contribution is -2.43. The molecule has 0 aromatic heterocycles. The summed E-state index contributed by atoms with van der Waals surface area (Å²) in [6, 6.07) is 14.0. The number of urea groups is 1. The number of benzene rings is 2. The zero-order chi connectivity index (χ0) is 22.0. The number of carbonyl (C=O) groups excluding carboxylic acids is 1. The zero-order valence-corrected chi connectivity index (χ0v) is 18.3. The lowest BCUT2D eigenvalue weighted by molar-refractivity contribution is 0.0209. The van der Waals surface area contributed by atoms with Crippen LogP contribution < -0.4 is 10.1 Å². The van der Waals surface area contributed by atoms with E-state index in [9.17, 15) is 4.79 Å². The average Bonchev–Trinajstić information content (AvgIpc) is 3.11. The number of methoxy groups -OCH3 is 1. The van der Waals surface area contributed by atoms with Gasteiger partial charge in [-0.15, -0.1) is 5.73 Å². The third-order valence-corrected chi connectivity index (χ3v) is 6.68. The normalized spacial score (nSPS) is 18.8. The summed E-state index contributed by atoms with van der Waals surface area (Å²) in [6.07, 6.45) is 6.69. The molecule has 5 rings (SSSR count). The van der Waals surface area contributed by atoms with Gasteiger partial charge in [-0.05, 0) is 54.0 Å². The van der Waals surface area contributed by atoms with Crippen molar-refractivity contribution >= 4 is 23.6 Å². The molecule has 32 heavy (non-hydrogen) atoms. The van der Waals surface area contributed by atoms with Crippen molar-refractivity contribution in [2.24, 2.45) is 10.4 Å². The van der Waals surface area contributed by atoms with E-state index in [-0.39, 0.29) is 11.4 Å². The van der Waals surface area contributed by atoms with E-state index in [0.29, 0.717) is 17.3 Å². The Kier molecular flexibility index (Phi) is 5.56. The average molecular weight is 430 g/mol. The SMILES string of the molecule is COc1ccc(-c2ccccc2)c2c1N=C(NC(=O)N1CCC3(CCOCC3)C1)C=C=C2. The molecule has 1 spiro atoms. The summed E-state index contributed by atoms with van der Waals surface area (Å²) in [5, 5.41) is 2.99. The Labute approximate surface area is 188 Å². The summed E-state index contributed by atoms with van der Waals surface area (Å²) in [5.41, 5.74) is 7.12. The molecule has 0 radical (unpaired) electrons. The summed E-state index contributed by atoms with van der Waals surface area (Å²) >= 11 is 0. The number of rotatable bonds is 2. The molecule has 1 N–H and O–H groups in total. The van der Waals surface area contributed by atoms with Crippen LogP contribution in [0.15, 0.2) is 59.3 Å². The molecular weight excluding hydrogens is 402 g/mol. The molecule has 0 unspecified atom stereocenters. The van der Waals surface area contributed by atoms with Crippen molar-refractivity contribution in [1.82, 2.24) is 10.2 Å². The van der Waals surface area contributed by atoms with Crippen LogP contribution in [0, 0.1) is 5.41 Å². The Morgan fingerprint density at radius 3 is 2.72 bits per heavy atom. The van der Waals surface area contributed by atoms with E-state index in [4.69, 9.17) is 14.5 Å². The van der Waals surface area contributed by atoms with E-state index in [1.165, 1.54) is 0 Å². The summed E-state index contributed by atoms with van der Waals surface area (Å²) in [5.74, 6) is 1.11. The zero-order valence-electron chi connectivity index (χ0n) is 18.3. The maximum atomic E-state index is 13.0. The van der Waals surface area contributed by atoms with E-state index in [0.717, 1.165) is 62.3 Å². The molecule has 3 aliphatic heterocycles. The maximum absolute atomic E-state index is 13.0. The predicted octanol–water partition coefficient (Wildman–Crippen LogP) is 4.79. The Morgan fingerprint density at radius 1 is 1.12 bits per heavy atom. The van der Waals surface area contributed by atoms with Crippen LogP contribution in [-0.2, 0) is 4.74 Å². The first-order valence-corrected chi connectivity index (χ1v) is 11.1. The summed E-state index contributed by atoms with van der Waals surface area (Å²) in [6.45, 7) is 3.11. The highest BCUT2D eigenvalue weighted by molar-refractivity contribution is 6.07. The lowest BCUT2D eigenvalue weighted by atomic mass is 9.80. The number of nitrogens with one attached hydrogen (secondary N) is 1. The Morgan fingerprint density at radius 2 is 1.94 bits per heavy atom. The number of likely N-dealkylation sites (tertiary alicyclic amines) is 1. The maximum Gasteiger partial charge on any atom is 0.323 e. The fourth-order valence-electron chi connectivity index (χ4n) is 4.81. The fourth-order valence-corrected chi connectivity index (χ4v) is 4.81. The van der Waals surface area contributed by atoms with Crippen LogP contribution in [0.25, 0.3) is 17.2 Å². The minimum atomic E-state index is -0.119. The second-order valence-electron chi connectivity index (χ2n) is 8.61. The van der Waals surface area contributed by atoms with E-state index >= 15 is 0 Å². The number of aliphatic imine (C=N–C) groups is 1. The highest BCUT2D eigenvalue weighted by atomic mass is 16.5. The largest absolute Gasteiger partial charge is 0.494 e. The molecule has 2 saturated heterocycles. The van der Waals surface area contributed by atoms with Crippen molar-refractivity contribution in [1.29, 1.82) is 0 Å². The van der Waals surface area contributed by atoms with Crippen LogP contribution in [0.4, 0.5) is 10.5 Å². The topological polar surface area (TPSA) is 63.2 Å². The van der Waals surface area contributed by atoms with Gasteiger partial charge in [0.05, 0.1) is 7.11 Å². The van der Waals surface area contributed by atoms with Gasteiger partial charge in [-0.1, -0.05) is 30.3 Å². The van der Waals surface area contributed by atoms with Gasteiger partial charge in [0, 0.05) is 37.9 Å². The molecule has 6 nitrogen and oxygen atoms in total. The van der Waals surface area contributed by atoms with Gasteiger partial charge in [-0.2, -0.15) is 0 Å². The van der Waals surface area contributed by atoms with Crippen molar-refractivity contribution in [3.63, 3.8) is 0 Å². The third-order valence-electron chi connectivity index (χ3n) is 6.68. The minimum absolute atomic E-state index is 0.119. The van der Waals surface area contributed by atoms with Gasteiger partial charge in [0.1, 0.15) is 17.3 Å². The molecule has 3 heterocycles. The number of amidine groups is 1. The molecule has 2 amide bonds. The number of hydrogen-bond acceptors (Lipinski definition) is 4. The standard InChI is InChI=1S/C26H27N3O3/c1-31-22-11-10-20(19-6-3-2-4-7-19)21-8-5-9-23(27-24(21)22)28-25(30)29-15-12-26(18-29)13-16-32-17-14-26/h2-4,6-11H,12-18H2,1H3,(H,27,28,30). The second kappa shape index (κ2) is 8.65. The Balaban J connectivity index is 1.41. The van der Waals surface area contributed by atoms with Gasteiger partial charge in [0.2, 0.25) is 0 Å². The first-order chi connectivity index (χ1) is 15.7. The number of amides is 2. The molecule has 3 aliphatic rings. The van der Waals surface area contributed by atoms with Crippen molar-refractivity contribution in [3.8, 4) is 16.9 Å². The van der Waals surface area contributed by atoms with E-state index in [2.05, 4.69) is 23.2 Å². The van der Waals surface area contributed by atoms with Crippen LogP contribution in [-0.4, -0.2) is 50.2 Å². The number of fused-ring (bicyclic) bond motifs is 1. The van der Waals surface area contributed by atoms with Gasteiger partial charge in [-0.3, -0.25) is 5.32 Å². The highest BCUT2D eigenvalue weighted by Crippen LogP contribution is 2.41. The van der Waals surface area contributed by atoms with Gasteiger partial charge < -0.3 is 14.4 Å². The van der Waals surface area contributed by atoms with E-state index in [1.807, 2.05) is 41.3 Å². The summed E-state index contributed by atoms with van der Waals surface area (Å²) < 4.78 is 11.1. The third kappa shape index (κ3) is 3.95. The molecule has 164 valence electrons. The molecule has 2 aromatic carbocycles. The highest BCUT2D eigenvalue weighted by Gasteiger charge is 2.41. The number of carbonyl (C=O) groups is 1. The van der Waals surface area contributed by atoms with Crippen LogP contribution >= 0.6 is 0 Å². The molecule has 0 saturated carbocycles. The van der Waals surface area contributed by atoms with Crippen LogP contribution in [0.1, 0.15) is 24.8 Å². The minimum Gasteiger partial charge on any atom is -0.494 e. The van der Waals surface area contributed by atoms with Crippen LogP contribution in [0.5, 0.6) is 5.75 Å². The molecule has 0 bridgehead atoms. The van der Waals surface area contributed by atoms with Crippen LogP contribution in [0.3, 0.4) is 0 Å². The van der Waals surface area contributed by atoms with Crippen molar-refractivity contribution in [2.75, 3.05) is 33.4 Å². The predicted molar refractivity (Wildman–Crippen MR) is 125 cm³/mol. The molecule has 6 heteroatoms. The van der Waals surface area contributed by atoms with Gasteiger partial charge in [0.25, 0.3) is 0 Å². The summed E-state index contributed by atoms with van der Waals surface area (Å²) in [4.78, 5) is 19.7. The number of hydrogen-bond donors (Lipinski definition) is 1. The molecule has 2 aromatic rings. The van der Waals surface area contributed by atoms with Crippen molar-refractivity contribution in [3.05, 3.63) is 59.8 Å². The van der Waals surface area contributed by atoms with E-state index in [1.54, 1.807) is 13.2 Å².